The summed E-state index contributed by atoms with van der Waals surface area (Å²) in [5, 5.41) is 1.10. The lowest BCUT2D eigenvalue weighted by Gasteiger charge is -2.22. The zero-order valence-electron chi connectivity index (χ0n) is 18.8. The first-order valence-corrected chi connectivity index (χ1v) is 13.4. The van der Waals surface area contributed by atoms with E-state index >= 15 is 0 Å². The maximum atomic E-state index is 13.2. The highest BCUT2D eigenvalue weighted by Gasteiger charge is 2.33. The second-order valence-corrected chi connectivity index (χ2v) is 11.6. The van der Waals surface area contributed by atoms with Crippen LogP contribution < -0.4 is 4.90 Å². The molecule has 1 saturated heterocycles. The van der Waals surface area contributed by atoms with E-state index in [1.54, 1.807) is 6.33 Å². The van der Waals surface area contributed by atoms with Crippen molar-refractivity contribution in [3.8, 4) is 11.1 Å². The van der Waals surface area contributed by atoms with E-state index < -0.39 is 0 Å². The summed E-state index contributed by atoms with van der Waals surface area (Å²) in [5.74, 6) is 1.16. The van der Waals surface area contributed by atoms with Crippen molar-refractivity contribution in [3.05, 3.63) is 75.2 Å². The van der Waals surface area contributed by atoms with Crippen LogP contribution in [0.1, 0.15) is 40.9 Å². The van der Waals surface area contributed by atoms with Crippen molar-refractivity contribution in [1.82, 2.24) is 14.9 Å². The summed E-state index contributed by atoms with van der Waals surface area (Å²) in [6, 6.07) is 19.2. The highest BCUT2D eigenvalue weighted by atomic mass is 79.9. The highest BCUT2D eigenvalue weighted by Crippen LogP contribution is 2.34. The molecule has 0 atom stereocenters. The van der Waals surface area contributed by atoms with Gasteiger partial charge in [0.1, 0.15) is 12.1 Å². The summed E-state index contributed by atoms with van der Waals surface area (Å²) in [6.45, 7) is 2.73. The Morgan fingerprint density at radius 3 is 2.62 bits per heavy atom. The van der Waals surface area contributed by atoms with Crippen molar-refractivity contribution in [3.63, 3.8) is 0 Å². The van der Waals surface area contributed by atoms with Gasteiger partial charge in [0.05, 0.1) is 14.2 Å². The first-order chi connectivity index (χ1) is 16.7. The van der Waals surface area contributed by atoms with Crippen LogP contribution in [0.3, 0.4) is 0 Å². The van der Waals surface area contributed by atoms with E-state index in [9.17, 15) is 4.79 Å². The van der Waals surface area contributed by atoms with Crippen LogP contribution in [0.4, 0.5) is 5.82 Å². The lowest BCUT2D eigenvalue weighted by atomic mass is 10.0. The van der Waals surface area contributed by atoms with Crippen molar-refractivity contribution >= 4 is 49.9 Å². The van der Waals surface area contributed by atoms with Gasteiger partial charge in [0.25, 0.3) is 5.91 Å². The number of carbonyl (C=O) groups excluding carboxylic acids is 1. The summed E-state index contributed by atoms with van der Waals surface area (Å²) in [4.78, 5) is 27.5. The number of rotatable bonds is 6. The minimum absolute atomic E-state index is 0.127. The quantitative estimate of drug-likeness (QED) is 0.283. The Bertz CT molecular complexity index is 1360. The Balaban J connectivity index is 1.30. The Morgan fingerprint density at radius 1 is 1.03 bits per heavy atom. The Morgan fingerprint density at radius 2 is 1.85 bits per heavy atom. The van der Waals surface area contributed by atoms with Crippen molar-refractivity contribution < 1.29 is 4.79 Å². The number of amides is 1. The van der Waals surface area contributed by atoms with Gasteiger partial charge in [0.2, 0.25) is 0 Å². The zero-order valence-corrected chi connectivity index (χ0v) is 21.2. The average Bonchev–Trinajstić information content (AvgIpc) is 3.37. The third-order valence-corrected chi connectivity index (χ3v) is 8.28. The molecule has 1 aliphatic heterocycles. The summed E-state index contributed by atoms with van der Waals surface area (Å²) in [7, 11) is 0. The van der Waals surface area contributed by atoms with Gasteiger partial charge in [0, 0.05) is 31.1 Å². The molecule has 0 unspecified atom stereocenters. The number of hydrogen-bond donors (Lipinski definition) is 0. The van der Waals surface area contributed by atoms with E-state index in [4.69, 9.17) is 0 Å². The van der Waals surface area contributed by atoms with Crippen molar-refractivity contribution in [2.75, 3.05) is 18.0 Å². The fourth-order valence-corrected chi connectivity index (χ4v) is 6.12. The fraction of sp³-hybridized carbons (Fsp3) is 0.296. The third-order valence-electron chi connectivity index (χ3n) is 6.67. The van der Waals surface area contributed by atoms with Gasteiger partial charge in [-0.3, -0.25) is 4.79 Å². The molecule has 3 heterocycles. The van der Waals surface area contributed by atoms with E-state index in [1.807, 2.05) is 17.0 Å². The Kier molecular flexibility index (Phi) is 5.83. The van der Waals surface area contributed by atoms with Gasteiger partial charge in [-0.05, 0) is 88.6 Å². The van der Waals surface area contributed by atoms with Crippen molar-refractivity contribution in [1.29, 1.82) is 0 Å². The largest absolute Gasteiger partial charge is 0.356 e. The van der Waals surface area contributed by atoms with Crippen LogP contribution in [0, 0.1) is 0 Å². The second kappa shape index (κ2) is 9.12. The molecule has 2 fully saturated rings. The predicted molar refractivity (Wildman–Crippen MR) is 141 cm³/mol. The molecule has 2 aliphatic rings. The molecule has 0 N–H and O–H groups in total. The molecule has 5 nitrogen and oxygen atoms in total. The number of hydrogen-bond acceptors (Lipinski definition) is 5. The van der Waals surface area contributed by atoms with E-state index in [1.165, 1.54) is 24.2 Å². The van der Waals surface area contributed by atoms with Gasteiger partial charge in [-0.2, -0.15) is 0 Å². The lowest BCUT2D eigenvalue weighted by Crippen LogP contribution is -2.32. The third kappa shape index (κ3) is 4.34. The molecule has 34 heavy (non-hydrogen) atoms. The number of halogens is 1. The van der Waals surface area contributed by atoms with E-state index in [-0.39, 0.29) is 5.91 Å². The monoisotopic (exact) mass is 532 g/mol. The van der Waals surface area contributed by atoms with Crippen molar-refractivity contribution in [2.24, 2.45) is 0 Å². The summed E-state index contributed by atoms with van der Waals surface area (Å²) in [6.07, 6.45) is 6.27. The van der Waals surface area contributed by atoms with Gasteiger partial charge in [0.15, 0.2) is 0 Å². The molecule has 172 valence electrons. The van der Waals surface area contributed by atoms with Gasteiger partial charge >= 0.3 is 0 Å². The topological polar surface area (TPSA) is 49.3 Å². The Hall–Kier alpha value is -2.77. The van der Waals surface area contributed by atoms with Gasteiger partial charge in [-0.15, -0.1) is 11.3 Å². The first-order valence-electron chi connectivity index (χ1n) is 11.8. The summed E-state index contributed by atoms with van der Waals surface area (Å²) in [5.41, 5.74) is 4.43. The molecule has 2 aromatic carbocycles. The standard InChI is InChI=1S/C27H25BrN4OS/c28-25-11-10-24(34-25)27(33)32(21-7-8-21)16-18-4-3-5-19(14-18)20-6-9-23-22(15-20)26(30-17-29-23)31-12-1-2-13-31/h3-6,9-11,14-15,17,21H,1-2,7-8,12-13,16H2. The molecule has 7 heteroatoms. The molecule has 1 amide bonds. The molecule has 0 bridgehead atoms. The molecule has 0 radical (unpaired) electrons. The van der Waals surface area contributed by atoms with Gasteiger partial charge in [-0.25, -0.2) is 9.97 Å². The summed E-state index contributed by atoms with van der Waals surface area (Å²) >= 11 is 4.99. The number of benzene rings is 2. The molecule has 1 aliphatic carbocycles. The molecule has 4 aromatic rings. The van der Waals surface area contributed by atoms with E-state index in [2.05, 4.69) is 73.3 Å². The smallest absolute Gasteiger partial charge is 0.264 e. The van der Waals surface area contributed by atoms with Crippen LogP contribution in [0.25, 0.3) is 22.0 Å². The van der Waals surface area contributed by atoms with Crippen molar-refractivity contribution in [2.45, 2.75) is 38.3 Å². The Labute approximate surface area is 211 Å². The van der Waals surface area contributed by atoms with Crippen LogP contribution >= 0.6 is 27.3 Å². The number of fused-ring (bicyclic) bond motifs is 1. The van der Waals surface area contributed by atoms with Crippen LogP contribution in [-0.4, -0.2) is 39.9 Å². The molecule has 1 saturated carbocycles. The molecular formula is C27H25BrN4OS. The van der Waals surface area contributed by atoms with Gasteiger partial charge < -0.3 is 9.80 Å². The number of thiophene rings is 1. The van der Waals surface area contributed by atoms with E-state index in [0.29, 0.717) is 12.6 Å². The summed E-state index contributed by atoms with van der Waals surface area (Å²) < 4.78 is 0.988. The first kappa shape index (κ1) is 21.7. The minimum Gasteiger partial charge on any atom is -0.356 e. The van der Waals surface area contributed by atoms with E-state index in [0.717, 1.165) is 68.0 Å². The zero-order chi connectivity index (χ0) is 23.1. The minimum atomic E-state index is 0.127. The number of nitrogens with zero attached hydrogens (tertiary/aromatic N) is 4. The SMILES string of the molecule is O=C(c1ccc(Br)s1)N(Cc1cccc(-c2ccc3ncnc(N4CCCC4)c3c2)c1)C1CC1. The van der Waals surface area contributed by atoms with Crippen LogP contribution in [-0.2, 0) is 6.54 Å². The number of anilines is 1. The maximum Gasteiger partial charge on any atom is 0.264 e. The second-order valence-electron chi connectivity index (χ2n) is 9.09. The normalized spacial score (nSPS) is 15.7. The molecular weight excluding hydrogens is 508 g/mol. The van der Waals surface area contributed by atoms with Gasteiger partial charge in [-0.1, -0.05) is 24.3 Å². The lowest BCUT2D eigenvalue weighted by molar-refractivity contribution is 0.0735. The predicted octanol–water partition coefficient (Wildman–Crippen LogP) is 6.53. The maximum absolute atomic E-state index is 13.2. The number of aromatic nitrogens is 2. The highest BCUT2D eigenvalue weighted by molar-refractivity contribution is 9.11. The average molecular weight is 533 g/mol. The van der Waals surface area contributed by atoms with Crippen LogP contribution in [0.2, 0.25) is 0 Å². The molecule has 6 rings (SSSR count). The van der Waals surface area contributed by atoms with Crippen LogP contribution in [0.15, 0.2) is 64.7 Å². The van der Waals surface area contributed by atoms with Crippen LogP contribution in [0.5, 0.6) is 0 Å². The fourth-order valence-electron chi connectivity index (χ4n) is 4.77. The molecule has 2 aromatic heterocycles. The molecule has 0 spiro atoms. The number of carbonyl (C=O) groups is 1.